The predicted molar refractivity (Wildman–Crippen MR) is 150 cm³/mol. The Hall–Kier alpha value is -3.36. The number of benzene rings is 1. The molecule has 2 bridgehead atoms. The molecule has 2 aromatic rings. The molecule has 40 heavy (non-hydrogen) atoms. The van der Waals surface area contributed by atoms with Crippen LogP contribution >= 0.6 is 0 Å². The highest BCUT2D eigenvalue weighted by atomic mass is 16.6. The Labute approximate surface area is 235 Å². The van der Waals surface area contributed by atoms with Crippen LogP contribution < -0.4 is 14.8 Å². The zero-order chi connectivity index (χ0) is 28.6. The molecule has 0 spiro atoms. The Bertz CT molecular complexity index is 1270. The summed E-state index contributed by atoms with van der Waals surface area (Å²) in [5, 5.41) is 3.83. The molecule has 5 rings (SSSR count). The number of fused-ring (bicyclic) bond motifs is 5. The van der Waals surface area contributed by atoms with E-state index >= 15 is 0 Å². The van der Waals surface area contributed by atoms with Crippen LogP contribution in [0.4, 0.5) is 4.79 Å². The molecule has 1 saturated carbocycles. The number of carbonyl (C=O) groups excluding carboxylic acids is 3. The number of nitrogens with one attached hydrogen (secondary N) is 1. The van der Waals surface area contributed by atoms with Gasteiger partial charge in [-0.05, 0) is 55.2 Å². The van der Waals surface area contributed by atoms with E-state index in [1.807, 2.05) is 45.9 Å². The number of hydrogen-bond donors (Lipinski definition) is 1. The number of aromatic nitrogens is 1. The number of methoxy groups -OCH3 is 1. The molecule has 1 aromatic carbocycles. The fourth-order valence-corrected chi connectivity index (χ4v) is 5.96. The van der Waals surface area contributed by atoms with E-state index in [0.717, 1.165) is 61.3 Å². The lowest BCUT2D eigenvalue weighted by Crippen LogP contribution is -2.56. The Morgan fingerprint density at radius 3 is 2.62 bits per heavy atom. The zero-order valence-electron chi connectivity index (χ0n) is 24.1. The molecule has 216 valence electrons. The smallest absolute Gasteiger partial charge is 0.408 e. The Morgan fingerprint density at radius 1 is 1.10 bits per heavy atom. The second-order valence-electron chi connectivity index (χ2n) is 12.6. The second kappa shape index (κ2) is 11.3. The Kier molecular flexibility index (Phi) is 7.93. The van der Waals surface area contributed by atoms with Crippen molar-refractivity contribution in [2.45, 2.75) is 90.5 Å². The fourth-order valence-electron chi connectivity index (χ4n) is 5.96. The van der Waals surface area contributed by atoms with Crippen LogP contribution in [0.1, 0.15) is 65.4 Å². The minimum absolute atomic E-state index is 0.102. The molecule has 1 saturated heterocycles. The summed E-state index contributed by atoms with van der Waals surface area (Å²) in [6.07, 6.45) is 5.45. The van der Waals surface area contributed by atoms with Crippen LogP contribution in [0.3, 0.4) is 0 Å². The third kappa shape index (κ3) is 5.88. The van der Waals surface area contributed by atoms with E-state index in [1.165, 1.54) is 0 Å². The van der Waals surface area contributed by atoms with Gasteiger partial charge in [0.1, 0.15) is 30.3 Å². The van der Waals surface area contributed by atoms with Gasteiger partial charge in [-0.3, -0.25) is 4.79 Å². The topological polar surface area (TPSA) is 107 Å². The summed E-state index contributed by atoms with van der Waals surface area (Å²) in [7, 11) is 1.63. The van der Waals surface area contributed by atoms with Crippen LogP contribution in [0.2, 0.25) is 0 Å². The monoisotopic (exact) mass is 551 g/mol. The van der Waals surface area contributed by atoms with E-state index < -0.39 is 29.7 Å². The average Bonchev–Trinajstić information content (AvgIpc) is 3.57. The highest BCUT2D eigenvalue weighted by Gasteiger charge is 2.48. The van der Waals surface area contributed by atoms with E-state index in [0.29, 0.717) is 17.5 Å². The normalized spacial score (nSPS) is 29.7. The Morgan fingerprint density at radius 2 is 1.90 bits per heavy atom. The number of aryl methyl sites for hydroxylation is 1. The average molecular weight is 552 g/mol. The molecule has 0 radical (unpaired) electrons. The number of ether oxygens (including phenoxy) is 3. The fraction of sp³-hybridized carbons (Fsp3) is 0.613. The van der Waals surface area contributed by atoms with Crippen LogP contribution in [-0.2, 0) is 20.7 Å². The van der Waals surface area contributed by atoms with Crippen LogP contribution in [-0.4, -0.2) is 66.1 Å². The van der Waals surface area contributed by atoms with Gasteiger partial charge in [0, 0.05) is 22.9 Å². The SMILES string of the molecule is COc1ccc2cc3c(nc2c1)O[C@H]1CN(C(=O)[C@H](C(C)(C)C)NC(=O)O[C@@H]2C[C@H]2CCCCC3)[C@H](C=O)[C@@H]1C. The van der Waals surface area contributed by atoms with Crippen molar-refractivity contribution in [1.82, 2.24) is 15.2 Å². The lowest BCUT2D eigenvalue weighted by atomic mass is 9.85. The van der Waals surface area contributed by atoms with Crippen molar-refractivity contribution in [1.29, 1.82) is 0 Å². The number of nitrogens with zero attached hydrogens (tertiary/aromatic N) is 2. The number of hydrogen-bond acceptors (Lipinski definition) is 7. The van der Waals surface area contributed by atoms with E-state index in [9.17, 15) is 14.4 Å². The third-order valence-electron chi connectivity index (χ3n) is 8.62. The van der Waals surface area contributed by atoms with Gasteiger partial charge in [0.05, 0.1) is 25.2 Å². The van der Waals surface area contributed by atoms with Crippen molar-refractivity contribution in [2.75, 3.05) is 13.7 Å². The lowest BCUT2D eigenvalue weighted by Gasteiger charge is -2.34. The number of pyridine rings is 1. The van der Waals surface area contributed by atoms with Crippen molar-refractivity contribution in [3.8, 4) is 11.6 Å². The molecule has 3 aliphatic rings. The molecule has 3 heterocycles. The van der Waals surface area contributed by atoms with Gasteiger partial charge in [-0.15, -0.1) is 0 Å². The van der Waals surface area contributed by atoms with Crippen LogP contribution in [0.5, 0.6) is 11.6 Å². The molecule has 9 heteroatoms. The first-order valence-corrected chi connectivity index (χ1v) is 14.5. The van der Waals surface area contributed by atoms with E-state index in [2.05, 4.69) is 11.4 Å². The quantitative estimate of drug-likeness (QED) is 0.540. The van der Waals surface area contributed by atoms with Gasteiger partial charge in [-0.1, -0.05) is 40.5 Å². The molecule has 2 fully saturated rings. The van der Waals surface area contributed by atoms with Crippen LogP contribution in [0.25, 0.3) is 10.9 Å². The standard InChI is InChI=1S/C31H41N3O6/c1-18-24(17-35)34-16-26(18)39-28-21(13-19-11-12-22(38-5)15-23(19)32-28)10-8-6-7-9-20-14-25(20)40-30(37)33-27(29(34)36)31(2,3)4/h11-13,15,17-18,20,24-27H,6-10,14,16H2,1-5H3,(H,33,37)/t18-,20+,24+,25+,26-,27+/m0/s1. The molecule has 1 aliphatic carbocycles. The summed E-state index contributed by atoms with van der Waals surface area (Å²) in [4.78, 5) is 45.4. The minimum Gasteiger partial charge on any atom is -0.497 e. The maximum Gasteiger partial charge on any atom is 0.408 e. The summed E-state index contributed by atoms with van der Waals surface area (Å²) in [6.45, 7) is 7.82. The lowest BCUT2D eigenvalue weighted by molar-refractivity contribution is -0.139. The highest BCUT2D eigenvalue weighted by Crippen LogP contribution is 2.39. The van der Waals surface area contributed by atoms with Crippen molar-refractivity contribution in [3.63, 3.8) is 0 Å². The molecule has 2 amide bonds. The first-order chi connectivity index (χ1) is 19.1. The number of alkyl carbamates (subject to hydrolysis) is 1. The van der Waals surface area contributed by atoms with Crippen LogP contribution in [0.15, 0.2) is 24.3 Å². The first kappa shape index (κ1) is 28.2. The van der Waals surface area contributed by atoms with Gasteiger partial charge < -0.3 is 29.2 Å². The largest absolute Gasteiger partial charge is 0.497 e. The molecule has 6 atom stereocenters. The first-order valence-electron chi connectivity index (χ1n) is 14.5. The number of rotatable bonds is 2. The molecule has 2 aliphatic heterocycles. The number of aldehydes is 1. The van der Waals surface area contributed by atoms with Crippen molar-refractivity contribution in [2.24, 2.45) is 17.3 Å². The predicted octanol–water partition coefficient (Wildman–Crippen LogP) is 4.68. The molecule has 0 unspecified atom stereocenters. The zero-order valence-corrected chi connectivity index (χ0v) is 24.1. The van der Waals surface area contributed by atoms with Gasteiger partial charge in [-0.25, -0.2) is 9.78 Å². The summed E-state index contributed by atoms with van der Waals surface area (Å²) >= 11 is 0. The maximum absolute atomic E-state index is 13.9. The maximum atomic E-state index is 13.9. The van der Waals surface area contributed by atoms with Crippen molar-refractivity contribution in [3.05, 3.63) is 29.8 Å². The molecular weight excluding hydrogens is 510 g/mol. The summed E-state index contributed by atoms with van der Waals surface area (Å²) < 4.78 is 17.6. The van der Waals surface area contributed by atoms with Gasteiger partial charge in [-0.2, -0.15) is 0 Å². The molecule has 1 N–H and O–H groups in total. The Balaban J connectivity index is 1.49. The summed E-state index contributed by atoms with van der Waals surface area (Å²) in [6, 6.07) is 6.41. The highest BCUT2D eigenvalue weighted by molar-refractivity contribution is 5.89. The third-order valence-corrected chi connectivity index (χ3v) is 8.62. The van der Waals surface area contributed by atoms with E-state index in [1.54, 1.807) is 12.0 Å². The van der Waals surface area contributed by atoms with E-state index in [-0.39, 0.29) is 24.5 Å². The van der Waals surface area contributed by atoms with Gasteiger partial charge in [0.15, 0.2) is 0 Å². The molecule has 1 aromatic heterocycles. The number of carbonyl (C=O) groups is 3. The van der Waals surface area contributed by atoms with E-state index in [4.69, 9.17) is 19.2 Å². The van der Waals surface area contributed by atoms with Crippen LogP contribution in [0, 0.1) is 17.3 Å². The van der Waals surface area contributed by atoms with Gasteiger partial charge in [0.2, 0.25) is 11.8 Å². The van der Waals surface area contributed by atoms with Crippen molar-refractivity contribution < 1.29 is 28.6 Å². The van der Waals surface area contributed by atoms with Gasteiger partial charge in [0.25, 0.3) is 0 Å². The van der Waals surface area contributed by atoms with Crippen molar-refractivity contribution >= 4 is 29.2 Å². The molecular formula is C31H41N3O6. The summed E-state index contributed by atoms with van der Waals surface area (Å²) in [5.41, 5.74) is 1.19. The van der Waals surface area contributed by atoms with Gasteiger partial charge >= 0.3 is 6.09 Å². The summed E-state index contributed by atoms with van der Waals surface area (Å²) in [5.74, 6) is 1.03. The molecule has 9 nitrogen and oxygen atoms in total. The number of amides is 2. The minimum atomic E-state index is -0.855. The second-order valence-corrected chi connectivity index (χ2v) is 12.6.